The SMILES string of the molecule is CC=C1C[C@H]2C=Nc3c(ccc(OC)c3O)C(=O)N2C1. The van der Waals surface area contributed by atoms with E-state index in [1.54, 1.807) is 23.2 Å². The normalized spacial score (nSPS) is 22.7. The Bertz CT molecular complexity index is 634. The van der Waals surface area contributed by atoms with Crippen LogP contribution in [0.15, 0.2) is 28.8 Å². The Kier molecular flexibility index (Phi) is 2.97. The summed E-state index contributed by atoms with van der Waals surface area (Å²) in [6, 6.07) is 3.21. The molecule has 3 rings (SSSR count). The first-order valence-electron chi connectivity index (χ1n) is 6.55. The van der Waals surface area contributed by atoms with Crippen LogP contribution in [0.25, 0.3) is 0 Å². The molecule has 0 radical (unpaired) electrons. The van der Waals surface area contributed by atoms with E-state index in [9.17, 15) is 9.90 Å². The van der Waals surface area contributed by atoms with Gasteiger partial charge >= 0.3 is 0 Å². The highest BCUT2D eigenvalue weighted by Crippen LogP contribution is 2.41. The maximum Gasteiger partial charge on any atom is 0.257 e. The highest BCUT2D eigenvalue weighted by atomic mass is 16.5. The van der Waals surface area contributed by atoms with E-state index in [1.807, 2.05) is 13.0 Å². The number of carbonyl (C=O) groups is 1. The molecule has 1 amide bonds. The smallest absolute Gasteiger partial charge is 0.257 e. The van der Waals surface area contributed by atoms with E-state index in [2.05, 4.69) is 4.99 Å². The molecule has 0 bridgehead atoms. The van der Waals surface area contributed by atoms with Crippen molar-refractivity contribution < 1.29 is 14.6 Å². The second kappa shape index (κ2) is 4.67. The summed E-state index contributed by atoms with van der Waals surface area (Å²) in [6.45, 7) is 2.60. The number of carbonyl (C=O) groups excluding carboxylic acids is 1. The number of benzene rings is 1. The van der Waals surface area contributed by atoms with Gasteiger partial charge in [0.1, 0.15) is 5.69 Å². The Labute approximate surface area is 117 Å². The number of phenols is 1. The summed E-state index contributed by atoms with van der Waals surface area (Å²) >= 11 is 0. The Morgan fingerprint density at radius 1 is 1.50 bits per heavy atom. The van der Waals surface area contributed by atoms with Crippen LogP contribution in [0.4, 0.5) is 5.69 Å². The molecule has 1 N–H and O–H groups in total. The van der Waals surface area contributed by atoms with Gasteiger partial charge in [-0.15, -0.1) is 0 Å². The molecule has 0 aromatic heterocycles. The molecule has 1 fully saturated rings. The third-order valence-electron chi connectivity index (χ3n) is 3.85. The van der Waals surface area contributed by atoms with Gasteiger partial charge in [0.2, 0.25) is 0 Å². The van der Waals surface area contributed by atoms with Crippen LogP contribution in [-0.2, 0) is 0 Å². The van der Waals surface area contributed by atoms with Crippen molar-refractivity contribution >= 4 is 17.8 Å². The van der Waals surface area contributed by atoms with Gasteiger partial charge in [-0.1, -0.05) is 11.6 Å². The number of rotatable bonds is 1. The Morgan fingerprint density at radius 2 is 2.30 bits per heavy atom. The summed E-state index contributed by atoms with van der Waals surface area (Å²) in [5, 5.41) is 10.1. The predicted octanol–water partition coefficient (Wildman–Crippen LogP) is 2.28. The summed E-state index contributed by atoms with van der Waals surface area (Å²) in [7, 11) is 1.47. The minimum absolute atomic E-state index is 0.0357. The Morgan fingerprint density at radius 3 is 3.00 bits per heavy atom. The molecule has 2 heterocycles. The number of amides is 1. The van der Waals surface area contributed by atoms with E-state index in [1.165, 1.54) is 12.7 Å². The van der Waals surface area contributed by atoms with Gasteiger partial charge in [-0.05, 0) is 25.5 Å². The van der Waals surface area contributed by atoms with Gasteiger partial charge in [0.15, 0.2) is 11.5 Å². The molecule has 0 unspecified atom stereocenters. The van der Waals surface area contributed by atoms with Crippen LogP contribution in [-0.4, -0.2) is 41.8 Å². The van der Waals surface area contributed by atoms with E-state index in [-0.39, 0.29) is 17.7 Å². The van der Waals surface area contributed by atoms with E-state index < -0.39 is 0 Å². The summed E-state index contributed by atoms with van der Waals surface area (Å²) in [6.07, 6.45) is 4.58. The summed E-state index contributed by atoms with van der Waals surface area (Å²) in [5.74, 6) is 0.143. The lowest BCUT2D eigenvalue weighted by Crippen LogP contribution is -2.35. The molecule has 0 aliphatic carbocycles. The highest BCUT2D eigenvalue weighted by molar-refractivity contribution is 6.04. The van der Waals surface area contributed by atoms with E-state index in [0.29, 0.717) is 23.5 Å². The van der Waals surface area contributed by atoms with Crippen molar-refractivity contribution in [3.05, 3.63) is 29.3 Å². The van der Waals surface area contributed by atoms with Gasteiger partial charge < -0.3 is 14.7 Å². The van der Waals surface area contributed by atoms with Crippen LogP contribution < -0.4 is 4.74 Å². The molecule has 2 aliphatic heterocycles. The zero-order chi connectivity index (χ0) is 14.3. The van der Waals surface area contributed by atoms with Gasteiger partial charge in [0.25, 0.3) is 5.91 Å². The molecule has 20 heavy (non-hydrogen) atoms. The first-order valence-corrected chi connectivity index (χ1v) is 6.55. The zero-order valence-electron chi connectivity index (χ0n) is 11.5. The van der Waals surface area contributed by atoms with Crippen molar-refractivity contribution in [2.45, 2.75) is 19.4 Å². The van der Waals surface area contributed by atoms with Gasteiger partial charge in [0.05, 0.1) is 18.7 Å². The molecule has 0 saturated carbocycles. The van der Waals surface area contributed by atoms with Crippen LogP contribution in [0.1, 0.15) is 23.7 Å². The maximum absolute atomic E-state index is 12.6. The molecule has 0 spiro atoms. The topological polar surface area (TPSA) is 62.1 Å². The third-order valence-corrected chi connectivity index (χ3v) is 3.85. The number of aliphatic imine (C=N–C) groups is 1. The van der Waals surface area contributed by atoms with Crippen molar-refractivity contribution in [1.82, 2.24) is 4.90 Å². The molecular formula is C15H16N2O3. The fraction of sp³-hybridized carbons (Fsp3) is 0.333. The Balaban J connectivity index is 2.09. The third kappa shape index (κ3) is 1.78. The average Bonchev–Trinajstić information content (AvgIpc) is 2.83. The molecule has 5 nitrogen and oxygen atoms in total. The second-order valence-electron chi connectivity index (χ2n) is 4.94. The van der Waals surface area contributed by atoms with Crippen LogP contribution in [0.5, 0.6) is 11.5 Å². The minimum atomic E-state index is -0.0997. The summed E-state index contributed by atoms with van der Waals surface area (Å²) in [4.78, 5) is 18.7. The number of aromatic hydroxyl groups is 1. The first-order chi connectivity index (χ1) is 9.65. The zero-order valence-corrected chi connectivity index (χ0v) is 11.5. The standard InChI is InChI=1S/C15H16N2O3/c1-3-9-6-10-7-16-13-11(15(19)17(10)8-9)4-5-12(20-2)14(13)18/h3-5,7,10,18H,6,8H2,1-2H3/t10-/m0/s1. The fourth-order valence-electron chi connectivity index (χ4n) is 2.69. The number of ether oxygens (including phenoxy) is 1. The van der Waals surface area contributed by atoms with Crippen molar-refractivity contribution in [1.29, 1.82) is 0 Å². The summed E-state index contributed by atoms with van der Waals surface area (Å²) in [5.41, 5.74) is 1.95. The molecule has 104 valence electrons. The molecule has 1 saturated heterocycles. The minimum Gasteiger partial charge on any atom is -0.503 e. The van der Waals surface area contributed by atoms with E-state index >= 15 is 0 Å². The number of fused-ring (bicyclic) bond motifs is 2. The second-order valence-corrected chi connectivity index (χ2v) is 4.94. The summed E-state index contributed by atoms with van der Waals surface area (Å²) < 4.78 is 5.06. The number of phenolic OH excluding ortho intramolecular Hbond substituents is 1. The van der Waals surface area contributed by atoms with Gasteiger partial charge in [0, 0.05) is 12.8 Å². The van der Waals surface area contributed by atoms with Gasteiger partial charge in [-0.3, -0.25) is 9.79 Å². The predicted molar refractivity (Wildman–Crippen MR) is 76.0 cm³/mol. The number of methoxy groups -OCH3 is 1. The van der Waals surface area contributed by atoms with Crippen LogP contribution in [0.3, 0.4) is 0 Å². The molecule has 1 aromatic carbocycles. The molecular weight excluding hydrogens is 256 g/mol. The van der Waals surface area contributed by atoms with Gasteiger partial charge in [-0.25, -0.2) is 0 Å². The van der Waals surface area contributed by atoms with Crippen molar-refractivity contribution in [2.24, 2.45) is 4.99 Å². The molecule has 1 atom stereocenters. The average molecular weight is 272 g/mol. The lowest BCUT2D eigenvalue weighted by Gasteiger charge is -2.19. The largest absolute Gasteiger partial charge is 0.503 e. The Hall–Kier alpha value is -2.30. The number of hydrogen-bond acceptors (Lipinski definition) is 4. The highest BCUT2D eigenvalue weighted by Gasteiger charge is 2.34. The number of hydrogen-bond donors (Lipinski definition) is 1. The molecule has 5 heteroatoms. The van der Waals surface area contributed by atoms with Crippen molar-refractivity contribution in [3.8, 4) is 11.5 Å². The molecule has 1 aromatic rings. The van der Waals surface area contributed by atoms with E-state index in [4.69, 9.17) is 4.74 Å². The number of allylic oxidation sites excluding steroid dienone is 1. The number of nitrogens with zero attached hydrogens (tertiary/aromatic N) is 2. The van der Waals surface area contributed by atoms with Crippen LogP contribution in [0, 0.1) is 0 Å². The first kappa shape index (κ1) is 12.7. The molecule has 2 aliphatic rings. The maximum atomic E-state index is 12.6. The van der Waals surface area contributed by atoms with E-state index in [0.717, 1.165) is 6.42 Å². The lowest BCUT2D eigenvalue weighted by molar-refractivity contribution is 0.0777. The fourth-order valence-corrected chi connectivity index (χ4v) is 2.69. The quantitative estimate of drug-likeness (QED) is 0.798. The van der Waals surface area contributed by atoms with Crippen LogP contribution >= 0.6 is 0 Å². The van der Waals surface area contributed by atoms with Crippen LogP contribution in [0.2, 0.25) is 0 Å². The van der Waals surface area contributed by atoms with Crippen molar-refractivity contribution in [3.63, 3.8) is 0 Å². The van der Waals surface area contributed by atoms with Gasteiger partial charge in [-0.2, -0.15) is 0 Å². The van der Waals surface area contributed by atoms with Crippen molar-refractivity contribution in [2.75, 3.05) is 13.7 Å². The lowest BCUT2D eigenvalue weighted by atomic mass is 10.1. The monoisotopic (exact) mass is 272 g/mol.